The Hall–Kier alpha value is -1.30. The summed E-state index contributed by atoms with van der Waals surface area (Å²) in [6, 6.07) is 3.28. The minimum atomic E-state index is 0.250. The van der Waals surface area contributed by atoms with Crippen LogP contribution in [0.15, 0.2) is 16.8 Å². The lowest BCUT2D eigenvalue weighted by Gasteiger charge is -1.62. The number of nitrogens with zero attached hydrogens (tertiary/aromatic N) is 2. The fourth-order valence-corrected chi connectivity index (χ4v) is 0.273. The molecule has 0 unspecified atom stereocenters. The zero-order valence-corrected chi connectivity index (χ0v) is 3.46. The monoisotopic (exact) mass is 94.0 g/mol. The van der Waals surface area contributed by atoms with Crippen molar-refractivity contribution in [3.63, 3.8) is 0 Å². The molecule has 0 aromatic carbocycles. The van der Waals surface area contributed by atoms with Gasteiger partial charge in [-0.1, -0.05) is 5.16 Å². The molecule has 0 fully saturated rings. The van der Waals surface area contributed by atoms with Gasteiger partial charge in [0.15, 0.2) is 0 Å². The first-order valence-corrected chi connectivity index (χ1v) is 1.74. The van der Waals surface area contributed by atoms with Crippen molar-refractivity contribution in [3.8, 4) is 6.07 Å². The van der Waals surface area contributed by atoms with Crippen LogP contribution in [0.4, 0.5) is 0 Å². The lowest BCUT2D eigenvalue weighted by molar-refractivity contribution is 0.410. The average molecular weight is 94.1 g/mol. The predicted octanol–water partition coefficient (Wildman–Crippen LogP) is 0.546. The molecule has 0 spiro atoms. The minimum Gasteiger partial charge on any atom is -0.346 e. The van der Waals surface area contributed by atoms with Crippen molar-refractivity contribution in [2.75, 3.05) is 0 Å². The molecule has 34 valence electrons. The standard InChI is InChI=1S/C4H2N2O/c5-3-4-1-2-6-7-4/h1-2H. The fourth-order valence-electron chi connectivity index (χ4n) is 0.273. The highest BCUT2D eigenvalue weighted by molar-refractivity contribution is 5.11. The topological polar surface area (TPSA) is 49.8 Å². The summed E-state index contributed by atoms with van der Waals surface area (Å²) in [7, 11) is 0. The van der Waals surface area contributed by atoms with Crippen LogP contribution in [0.1, 0.15) is 5.76 Å². The normalized spacial score (nSPS) is 7.86. The zero-order chi connectivity index (χ0) is 5.11. The Morgan fingerprint density at radius 2 is 2.71 bits per heavy atom. The van der Waals surface area contributed by atoms with Gasteiger partial charge >= 0.3 is 0 Å². The van der Waals surface area contributed by atoms with Crippen LogP contribution >= 0.6 is 0 Å². The Morgan fingerprint density at radius 1 is 1.86 bits per heavy atom. The molecule has 0 amide bonds. The summed E-state index contributed by atoms with van der Waals surface area (Å²) < 4.78 is 4.37. The maximum absolute atomic E-state index is 8.04. The largest absolute Gasteiger partial charge is 0.346 e. The van der Waals surface area contributed by atoms with Crippen molar-refractivity contribution in [2.24, 2.45) is 0 Å². The van der Waals surface area contributed by atoms with E-state index < -0.39 is 0 Å². The summed E-state index contributed by atoms with van der Waals surface area (Å²) in [5, 5.41) is 11.3. The molecule has 1 aromatic heterocycles. The van der Waals surface area contributed by atoms with E-state index >= 15 is 0 Å². The third-order valence-electron chi connectivity index (χ3n) is 0.548. The lowest BCUT2D eigenvalue weighted by Crippen LogP contribution is -1.56. The number of nitriles is 1. The van der Waals surface area contributed by atoms with Crippen LogP contribution in [0.2, 0.25) is 0 Å². The fraction of sp³-hybridized carbons (Fsp3) is 0. The van der Waals surface area contributed by atoms with Crippen LogP contribution in [-0.2, 0) is 0 Å². The Labute approximate surface area is 40.2 Å². The second-order valence-corrected chi connectivity index (χ2v) is 0.988. The summed E-state index contributed by atoms with van der Waals surface area (Å²) >= 11 is 0. The van der Waals surface area contributed by atoms with E-state index in [1.807, 2.05) is 0 Å². The molecule has 0 N–H and O–H groups in total. The van der Waals surface area contributed by atoms with E-state index in [9.17, 15) is 0 Å². The molecule has 0 aliphatic rings. The van der Waals surface area contributed by atoms with Crippen molar-refractivity contribution in [2.45, 2.75) is 0 Å². The van der Waals surface area contributed by atoms with Gasteiger partial charge in [0.1, 0.15) is 6.07 Å². The molecule has 0 aliphatic heterocycles. The van der Waals surface area contributed by atoms with Crippen molar-refractivity contribution in [1.82, 2.24) is 5.16 Å². The van der Waals surface area contributed by atoms with E-state index in [-0.39, 0.29) is 5.76 Å². The maximum Gasteiger partial charge on any atom is 0.236 e. The summed E-state index contributed by atoms with van der Waals surface area (Å²) in [4.78, 5) is 0. The highest BCUT2D eigenvalue weighted by Crippen LogP contribution is 1.89. The van der Waals surface area contributed by atoms with E-state index in [4.69, 9.17) is 5.26 Å². The molecule has 0 saturated heterocycles. The Kier molecular flexibility index (Phi) is 0.794. The third-order valence-corrected chi connectivity index (χ3v) is 0.548. The molecule has 1 aromatic rings. The van der Waals surface area contributed by atoms with E-state index in [0.29, 0.717) is 0 Å². The van der Waals surface area contributed by atoms with Gasteiger partial charge in [-0.15, -0.1) is 0 Å². The molecule has 7 heavy (non-hydrogen) atoms. The highest BCUT2D eigenvalue weighted by Gasteiger charge is 1.86. The van der Waals surface area contributed by atoms with Gasteiger partial charge in [0.05, 0.1) is 6.20 Å². The number of rotatable bonds is 0. The molecular weight excluding hydrogens is 92.1 g/mol. The van der Waals surface area contributed by atoms with Crippen LogP contribution in [0.3, 0.4) is 0 Å². The Morgan fingerprint density at radius 3 is 3.00 bits per heavy atom. The van der Waals surface area contributed by atoms with Gasteiger partial charge in [-0.05, 0) is 0 Å². The first-order valence-electron chi connectivity index (χ1n) is 1.74. The minimum absolute atomic E-state index is 0.250. The van der Waals surface area contributed by atoms with Gasteiger partial charge in [0.2, 0.25) is 5.76 Å². The van der Waals surface area contributed by atoms with Gasteiger partial charge < -0.3 is 4.52 Å². The second kappa shape index (κ2) is 1.43. The van der Waals surface area contributed by atoms with E-state index in [0.717, 1.165) is 0 Å². The van der Waals surface area contributed by atoms with Gasteiger partial charge in [-0.25, -0.2) is 0 Å². The summed E-state index contributed by atoms with van der Waals surface area (Å²) in [6.45, 7) is 0. The van der Waals surface area contributed by atoms with Gasteiger partial charge in [-0.2, -0.15) is 5.26 Å². The zero-order valence-electron chi connectivity index (χ0n) is 3.46. The van der Waals surface area contributed by atoms with Gasteiger partial charge in [0, 0.05) is 6.07 Å². The molecule has 1 rings (SSSR count). The number of hydrogen-bond donors (Lipinski definition) is 0. The Balaban J connectivity index is 3.04. The van der Waals surface area contributed by atoms with E-state index in [2.05, 4.69) is 9.68 Å². The lowest BCUT2D eigenvalue weighted by atomic mass is 10.5. The molecule has 0 bridgehead atoms. The third kappa shape index (κ3) is 0.578. The summed E-state index contributed by atoms with van der Waals surface area (Å²) in [5.74, 6) is 0.250. The number of hydrogen-bond acceptors (Lipinski definition) is 3. The molecule has 3 heteroatoms. The molecule has 3 nitrogen and oxygen atoms in total. The summed E-state index contributed by atoms with van der Waals surface area (Å²) in [5.41, 5.74) is 0. The maximum atomic E-state index is 8.04. The Bertz CT molecular complexity index is 172. The molecule has 0 atom stereocenters. The van der Waals surface area contributed by atoms with Crippen LogP contribution < -0.4 is 0 Å². The molecule has 0 radical (unpaired) electrons. The van der Waals surface area contributed by atoms with Crippen LogP contribution in [-0.4, -0.2) is 5.16 Å². The molecule has 0 saturated carbocycles. The van der Waals surface area contributed by atoms with Crippen molar-refractivity contribution < 1.29 is 4.52 Å². The SMILES string of the molecule is N#Cc1ccno1. The molecule has 1 heterocycles. The first kappa shape index (κ1) is 3.88. The van der Waals surface area contributed by atoms with Crippen LogP contribution in [0.25, 0.3) is 0 Å². The van der Waals surface area contributed by atoms with E-state index in [1.165, 1.54) is 12.3 Å². The van der Waals surface area contributed by atoms with Crippen molar-refractivity contribution in [1.29, 1.82) is 5.26 Å². The van der Waals surface area contributed by atoms with Crippen LogP contribution in [0.5, 0.6) is 0 Å². The van der Waals surface area contributed by atoms with Gasteiger partial charge in [-0.3, -0.25) is 0 Å². The van der Waals surface area contributed by atoms with Crippen molar-refractivity contribution >= 4 is 0 Å². The average Bonchev–Trinajstić information content (AvgIpc) is 2.14. The highest BCUT2D eigenvalue weighted by atomic mass is 16.5. The quantitative estimate of drug-likeness (QED) is 0.471. The van der Waals surface area contributed by atoms with Crippen molar-refractivity contribution in [3.05, 3.63) is 18.0 Å². The summed E-state index contributed by atoms with van der Waals surface area (Å²) in [6.07, 6.45) is 1.43. The second-order valence-electron chi connectivity index (χ2n) is 0.988. The van der Waals surface area contributed by atoms with Gasteiger partial charge in [0.25, 0.3) is 0 Å². The van der Waals surface area contributed by atoms with Crippen LogP contribution in [0, 0.1) is 11.3 Å². The molecule has 0 aliphatic carbocycles. The first-order chi connectivity index (χ1) is 3.43. The van der Waals surface area contributed by atoms with E-state index in [1.54, 1.807) is 6.07 Å². The molecular formula is C4H2N2O. The smallest absolute Gasteiger partial charge is 0.236 e. The predicted molar refractivity (Wildman–Crippen MR) is 21.2 cm³/mol. The number of aromatic nitrogens is 1.